The van der Waals surface area contributed by atoms with E-state index in [2.05, 4.69) is 10.1 Å². The lowest BCUT2D eigenvalue weighted by molar-refractivity contribution is -0.153. The van der Waals surface area contributed by atoms with Gasteiger partial charge in [-0.3, -0.25) is 14.3 Å². The van der Waals surface area contributed by atoms with Crippen LogP contribution in [0.2, 0.25) is 0 Å². The highest BCUT2D eigenvalue weighted by atomic mass is 16.4. The maximum absolute atomic E-state index is 11.1. The molecule has 1 heterocycles. The average Bonchev–Trinajstić information content (AvgIpc) is 2.51. The summed E-state index contributed by atoms with van der Waals surface area (Å²) in [6.45, 7) is 1.27. The Balaban J connectivity index is 3.00. The summed E-state index contributed by atoms with van der Waals surface area (Å²) in [6, 6.07) is 0. The lowest BCUT2D eigenvalue weighted by Gasteiger charge is -2.19. The van der Waals surface area contributed by atoms with Gasteiger partial charge >= 0.3 is 5.97 Å². The van der Waals surface area contributed by atoms with Gasteiger partial charge in [0, 0.05) is 13.5 Å². The number of carboxylic acid groups (broad SMARTS) is 1. The lowest BCUT2D eigenvalue weighted by Crippen LogP contribution is -2.43. The van der Waals surface area contributed by atoms with Gasteiger partial charge in [-0.2, -0.15) is 5.10 Å². The minimum absolute atomic E-state index is 0.0752. The summed E-state index contributed by atoms with van der Waals surface area (Å²) in [6.07, 6.45) is 1.22. The molecule has 7 heteroatoms. The molecule has 3 N–H and O–H groups in total. The van der Waals surface area contributed by atoms with Gasteiger partial charge in [-0.1, -0.05) is 0 Å². The van der Waals surface area contributed by atoms with Crippen LogP contribution < -0.4 is 5.73 Å². The van der Waals surface area contributed by atoms with Gasteiger partial charge in [0.2, 0.25) is 5.91 Å². The van der Waals surface area contributed by atoms with Gasteiger partial charge in [0.05, 0.1) is 0 Å². The van der Waals surface area contributed by atoms with Crippen LogP contribution in [-0.2, 0) is 23.1 Å². The maximum atomic E-state index is 11.1. The van der Waals surface area contributed by atoms with Gasteiger partial charge in [-0.25, -0.2) is 4.98 Å². The van der Waals surface area contributed by atoms with Gasteiger partial charge in [-0.05, 0) is 6.92 Å². The molecule has 0 saturated heterocycles. The molecule has 82 valence electrons. The number of aryl methyl sites for hydroxylation is 1. The highest BCUT2D eigenvalue weighted by Crippen LogP contribution is 2.21. The van der Waals surface area contributed by atoms with Crippen LogP contribution in [-0.4, -0.2) is 31.7 Å². The number of carboxylic acids is 1. The number of aliphatic carboxylic acids is 1. The zero-order chi connectivity index (χ0) is 11.6. The molecule has 0 aliphatic rings. The zero-order valence-electron chi connectivity index (χ0n) is 8.47. The smallest absolute Gasteiger partial charge is 0.319 e. The number of amides is 1. The van der Waals surface area contributed by atoms with E-state index < -0.39 is 17.3 Å². The second kappa shape index (κ2) is 3.68. The van der Waals surface area contributed by atoms with Gasteiger partial charge in [0.25, 0.3) is 0 Å². The van der Waals surface area contributed by atoms with E-state index >= 15 is 0 Å². The number of nitrogens with two attached hydrogens (primary N) is 1. The van der Waals surface area contributed by atoms with Crippen molar-refractivity contribution in [2.24, 2.45) is 18.2 Å². The summed E-state index contributed by atoms with van der Waals surface area (Å²) in [5, 5.41) is 12.7. The first kappa shape index (κ1) is 11.2. The molecule has 0 aliphatic heterocycles. The predicted molar refractivity (Wildman–Crippen MR) is 49.6 cm³/mol. The minimum atomic E-state index is -1.65. The molecule has 7 nitrogen and oxygen atoms in total. The van der Waals surface area contributed by atoms with E-state index in [-0.39, 0.29) is 6.42 Å². The van der Waals surface area contributed by atoms with E-state index in [4.69, 9.17) is 10.8 Å². The molecule has 0 spiro atoms. The second-order valence-electron chi connectivity index (χ2n) is 3.48. The Morgan fingerprint density at radius 1 is 1.67 bits per heavy atom. The summed E-state index contributed by atoms with van der Waals surface area (Å²) >= 11 is 0. The first-order valence-corrected chi connectivity index (χ1v) is 4.24. The molecule has 1 rings (SSSR count). The molecule has 1 aromatic rings. The van der Waals surface area contributed by atoms with E-state index in [9.17, 15) is 9.59 Å². The number of carbonyl (C=O) groups is 2. The third-order valence-electron chi connectivity index (χ3n) is 2.33. The highest BCUT2D eigenvalue weighted by Gasteiger charge is 2.41. The number of hydrogen-bond donors (Lipinski definition) is 2. The van der Waals surface area contributed by atoms with E-state index in [1.54, 1.807) is 7.05 Å². The van der Waals surface area contributed by atoms with Crippen LogP contribution >= 0.6 is 0 Å². The van der Waals surface area contributed by atoms with E-state index in [0.717, 1.165) is 0 Å². The molecule has 15 heavy (non-hydrogen) atoms. The quantitative estimate of drug-likeness (QED) is 0.617. The highest BCUT2D eigenvalue weighted by molar-refractivity contribution is 6.00. The molecular weight excluding hydrogens is 200 g/mol. The van der Waals surface area contributed by atoms with Crippen LogP contribution in [0.3, 0.4) is 0 Å². The predicted octanol–water partition coefficient (Wildman–Crippen LogP) is -1.07. The molecular formula is C8H12N4O3. The zero-order valence-corrected chi connectivity index (χ0v) is 8.47. The van der Waals surface area contributed by atoms with Crippen molar-refractivity contribution in [3.8, 4) is 0 Å². The molecule has 1 atom stereocenters. The Morgan fingerprint density at radius 2 is 2.27 bits per heavy atom. The third-order valence-corrected chi connectivity index (χ3v) is 2.33. The molecule has 0 aromatic carbocycles. The Bertz CT molecular complexity index is 384. The fourth-order valence-electron chi connectivity index (χ4n) is 1.06. The van der Waals surface area contributed by atoms with Crippen molar-refractivity contribution in [1.29, 1.82) is 0 Å². The first-order chi connectivity index (χ1) is 6.88. The van der Waals surface area contributed by atoms with Crippen molar-refractivity contribution < 1.29 is 14.7 Å². The van der Waals surface area contributed by atoms with E-state index in [0.29, 0.717) is 5.82 Å². The molecule has 0 radical (unpaired) electrons. The SMILES string of the molecule is Cn1ncnc1CC(C)(C(N)=O)C(=O)O. The Kier molecular flexibility index (Phi) is 2.74. The molecule has 0 aliphatic carbocycles. The minimum Gasteiger partial charge on any atom is -0.480 e. The number of primary amides is 1. The van der Waals surface area contributed by atoms with E-state index in [1.165, 1.54) is 17.9 Å². The molecule has 1 unspecified atom stereocenters. The van der Waals surface area contributed by atoms with E-state index in [1.807, 2.05) is 0 Å². The number of aromatic nitrogens is 3. The van der Waals surface area contributed by atoms with Crippen LogP contribution in [0.5, 0.6) is 0 Å². The Labute approximate surface area is 85.9 Å². The summed E-state index contributed by atoms with van der Waals surface area (Å²) in [5.74, 6) is -1.75. The van der Waals surface area contributed by atoms with Crippen LogP contribution in [0.15, 0.2) is 6.33 Å². The summed E-state index contributed by atoms with van der Waals surface area (Å²) in [7, 11) is 1.62. The second-order valence-corrected chi connectivity index (χ2v) is 3.48. The number of carbonyl (C=O) groups excluding carboxylic acids is 1. The van der Waals surface area contributed by atoms with Crippen molar-refractivity contribution in [1.82, 2.24) is 14.8 Å². The van der Waals surface area contributed by atoms with Gasteiger partial charge < -0.3 is 10.8 Å². The number of hydrogen-bond acceptors (Lipinski definition) is 4. The standard InChI is InChI=1S/C8H12N4O3/c1-8(6(9)13,7(14)15)3-5-10-4-11-12(5)2/h4H,3H2,1-2H3,(H2,9,13)(H,14,15). The molecule has 1 aromatic heterocycles. The van der Waals surface area contributed by atoms with Crippen molar-refractivity contribution in [2.75, 3.05) is 0 Å². The fraction of sp³-hybridized carbons (Fsp3) is 0.500. The normalized spacial score (nSPS) is 14.5. The summed E-state index contributed by atoms with van der Waals surface area (Å²) in [5.41, 5.74) is 3.41. The van der Waals surface area contributed by atoms with Crippen molar-refractivity contribution in [2.45, 2.75) is 13.3 Å². The van der Waals surface area contributed by atoms with Gasteiger partial charge in [0.1, 0.15) is 17.6 Å². The van der Waals surface area contributed by atoms with Crippen molar-refractivity contribution >= 4 is 11.9 Å². The molecule has 0 bridgehead atoms. The monoisotopic (exact) mass is 212 g/mol. The lowest BCUT2D eigenvalue weighted by atomic mass is 9.86. The summed E-state index contributed by atoms with van der Waals surface area (Å²) < 4.78 is 1.41. The van der Waals surface area contributed by atoms with Crippen LogP contribution in [0.4, 0.5) is 0 Å². The van der Waals surface area contributed by atoms with Crippen LogP contribution in [0.25, 0.3) is 0 Å². The Hall–Kier alpha value is -1.92. The topological polar surface area (TPSA) is 111 Å². The fourth-order valence-corrected chi connectivity index (χ4v) is 1.06. The third kappa shape index (κ3) is 1.95. The summed E-state index contributed by atoms with van der Waals surface area (Å²) in [4.78, 5) is 25.9. The Morgan fingerprint density at radius 3 is 2.60 bits per heavy atom. The number of rotatable bonds is 4. The van der Waals surface area contributed by atoms with Gasteiger partial charge in [-0.15, -0.1) is 0 Å². The largest absolute Gasteiger partial charge is 0.480 e. The van der Waals surface area contributed by atoms with Crippen molar-refractivity contribution in [3.63, 3.8) is 0 Å². The van der Waals surface area contributed by atoms with Gasteiger partial charge in [0.15, 0.2) is 0 Å². The average molecular weight is 212 g/mol. The van der Waals surface area contributed by atoms with Crippen LogP contribution in [0, 0.1) is 5.41 Å². The molecule has 1 amide bonds. The maximum Gasteiger partial charge on any atom is 0.319 e. The number of nitrogens with zero attached hydrogens (tertiary/aromatic N) is 3. The first-order valence-electron chi connectivity index (χ1n) is 4.24. The molecule has 0 fully saturated rings. The van der Waals surface area contributed by atoms with Crippen LogP contribution in [0.1, 0.15) is 12.7 Å². The van der Waals surface area contributed by atoms with Crippen molar-refractivity contribution in [3.05, 3.63) is 12.2 Å². The molecule has 0 saturated carbocycles.